The fourth-order valence-electron chi connectivity index (χ4n) is 2.89. The van der Waals surface area contributed by atoms with Gasteiger partial charge in [0.05, 0.1) is 0 Å². The molecule has 0 aromatic heterocycles. The van der Waals surface area contributed by atoms with Crippen molar-refractivity contribution in [3.8, 4) is 0 Å². The van der Waals surface area contributed by atoms with Crippen molar-refractivity contribution in [3.63, 3.8) is 0 Å². The van der Waals surface area contributed by atoms with E-state index in [0.717, 1.165) is 18.9 Å². The molecule has 0 spiro atoms. The summed E-state index contributed by atoms with van der Waals surface area (Å²) < 4.78 is 35.8. The molecule has 0 heterocycles. The molecular weight excluding hydrogens is 428 g/mol. The SMILES string of the molecule is CCCC[C@H]([Si]NC(=O)OC(c1ccccc1)C(F)(F)c1cccc(Cl)c1)C(C)=O. The fraction of sp³-hybridized carbons (Fsp3) is 0.364. The molecule has 4 nitrogen and oxygen atoms in total. The minimum Gasteiger partial charge on any atom is -0.435 e. The van der Waals surface area contributed by atoms with Crippen LogP contribution in [0, 0.1) is 0 Å². The number of hydrogen-bond acceptors (Lipinski definition) is 3. The second kappa shape index (κ2) is 11.2. The zero-order valence-electron chi connectivity index (χ0n) is 16.8. The Kier molecular flexibility index (Phi) is 8.99. The molecular formula is C22H24ClF2NO3Si. The highest BCUT2D eigenvalue weighted by Crippen LogP contribution is 2.43. The molecule has 0 fully saturated rings. The number of nitrogens with one attached hydrogen (secondary N) is 1. The van der Waals surface area contributed by atoms with Crippen LogP contribution in [0.2, 0.25) is 10.6 Å². The molecule has 160 valence electrons. The zero-order valence-corrected chi connectivity index (χ0v) is 18.6. The Hall–Kier alpha value is -2.25. The number of alkyl halides is 2. The van der Waals surface area contributed by atoms with Crippen molar-refractivity contribution in [2.45, 2.75) is 50.7 Å². The van der Waals surface area contributed by atoms with Crippen molar-refractivity contribution in [2.24, 2.45) is 0 Å². The van der Waals surface area contributed by atoms with Crippen molar-refractivity contribution >= 4 is 33.2 Å². The lowest BCUT2D eigenvalue weighted by molar-refractivity contribution is -0.120. The summed E-state index contributed by atoms with van der Waals surface area (Å²) >= 11 is 5.88. The van der Waals surface area contributed by atoms with Gasteiger partial charge in [-0.2, -0.15) is 8.78 Å². The Bertz CT molecular complexity index is 851. The number of carbonyl (C=O) groups excluding carboxylic acids is 2. The smallest absolute Gasteiger partial charge is 0.399 e. The van der Waals surface area contributed by atoms with Crippen LogP contribution in [-0.4, -0.2) is 21.6 Å². The molecule has 0 saturated heterocycles. The standard InChI is InChI=1S/C22H24ClF2NO3Si/c1-3-4-13-19(15(2)27)30-26-21(28)29-20(16-9-6-5-7-10-16)22(24,25)17-11-8-12-18(23)14-17/h5-12,14,19-20H,3-4,13H2,1-2H3,(H,26,28)/t19-,20?/m0/s1. The molecule has 0 aliphatic carbocycles. The Morgan fingerprint density at radius 1 is 1.17 bits per heavy atom. The number of rotatable bonds is 10. The van der Waals surface area contributed by atoms with Gasteiger partial charge in [-0.3, -0.25) is 4.79 Å². The Morgan fingerprint density at radius 2 is 1.87 bits per heavy atom. The number of Topliss-reactive ketones (excluding diaryl/α,β-unsaturated/α-hetero) is 1. The van der Waals surface area contributed by atoms with Gasteiger partial charge < -0.3 is 9.72 Å². The molecule has 0 saturated carbocycles. The molecule has 2 rings (SSSR count). The molecule has 1 N–H and O–H groups in total. The van der Waals surface area contributed by atoms with E-state index in [1.807, 2.05) is 6.92 Å². The minimum atomic E-state index is -3.52. The first kappa shape index (κ1) is 24.0. The molecule has 2 aromatic carbocycles. The van der Waals surface area contributed by atoms with Gasteiger partial charge in [0.25, 0.3) is 0 Å². The molecule has 1 amide bonds. The summed E-state index contributed by atoms with van der Waals surface area (Å²) in [6, 6.07) is 13.1. The van der Waals surface area contributed by atoms with Gasteiger partial charge in [0.1, 0.15) is 5.78 Å². The van der Waals surface area contributed by atoms with E-state index in [0.29, 0.717) is 6.42 Å². The largest absolute Gasteiger partial charge is 0.435 e. The van der Waals surface area contributed by atoms with Crippen molar-refractivity contribution < 1.29 is 23.1 Å². The van der Waals surface area contributed by atoms with Gasteiger partial charge in [-0.05, 0) is 31.0 Å². The van der Waals surface area contributed by atoms with Gasteiger partial charge in [0, 0.05) is 16.1 Å². The van der Waals surface area contributed by atoms with Crippen LogP contribution in [0.5, 0.6) is 0 Å². The van der Waals surface area contributed by atoms with E-state index in [-0.39, 0.29) is 37.2 Å². The maximum absolute atomic E-state index is 15.3. The third-order valence-electron chi connectivity index (χ3n) is 4.55. The van der Waals surface area contributed by atoms with Gasteiger partial charge in [-0.15, -0.1) is 0 Å². The number of unbranched alkanes of at least 4 members (excludes halogenated alkanes) is 1. The van der Waals surface area contributed by atoms with Crippen molar-refractivity contribution in [2.75, 3.05) is 0 Å². The third-order valence-corrected chi connectivity index (χ3v) is 6.18. The van der Waals surface area contributed by atoms with E-state index < -0.39 is 18.1 Å². The Labute approximate surface area is 182 Å². The van der Waals surface area contributed by atoms with Crippen LogP contribution in [-0.2, 0) is 15.5 Å². The highest BCUT2D eigenvalue weighted by Gasteiger charge is 2.45. The van der Waals surface area contributed by atoms with Crippen LogP contribution in [0.15, 0.2) is 54.6 Å². The highest BCUT2D eigenvalue weighted by atomic mass is 35.5. The van der Waals surface area contributed by atoms with Crippen LogP contribution < -0.4 is 4.98 Å². The summed E-state index contributed by atoms with van der Waals surface area (Å²) in [7, 11) is -0.241. The van der Waals surface area contributed by atoms with Crippen LogP contribution in [0.25, 0.3) is 0 Å². The van der Waals surface area contributed by atoms with Crippen LogP contribution in [0.3, 0.4) is 0 Å². The molecule has 2 aromatic rings. The van der Waals surface area contributed by atoms with E-state index in [1.165, 1.54) is 37.3 Å². The molecule has 30 heavy (non-hydrogen) atoms. The number of benzene rings is 2. The first-order valence-electron chi connectivity index (χ1n) is 9.67. The molecule has 2 atom stereocenters. The van der Waals surface area contributed by atoms with Gasteiger partial charge >= 0.3 is 12.0 Å². The maximum Gasteiger partial charge on any atom is 0.399 e. The Balaban J connectivity index is 2.20. The Morgan fingerprint density at radius 3 is 2.47 bits per heavy atom. The average Bonchev–Trinajstić information content (AvgIpc) is 2.72. The average molecular weight is 452 g/mol. The van der Waals surface area contributed by atoms with Crippen molar-refractivity contribution in [1.82, 2.24) is 4.98 Å². The predicted molar refractivity (Wildman–Crippen MR) is 114 cm³/mol. The van der Waals surface area contributed by atoms with Gasteiger partial charge in [0.2, 0.25) is 0 Å². The minimum absolute atomic E-state index is 0.0500. The summed E-state index contributed by atoms with van der Waals surface area (Å²) in [5.74, 6) is -3.57. The summed E-state index contributed by atoms with van der Waals surface area (Å²) in [5, 5.41) is 0.158. The molecule has 0 bridgehead atoms. The van der Waals surface area contributed by atoms with Gasteiger partial charge in [-0.1, -0.05) is 73.8 Å². The van der Waals surface area contributed by atoms with Crippen molar-refractivity contribution in [1.29, 1.82) is 0 Å². The van der Waals surface area contributed by atoms with Crippen LogP contribution in [0.4, 0.5) is 13.6 Å². The molecule has 2 radical (unpaired) electrons. The molecule has 0 aliphatic heterocycles. The lowest BCUT2D eigenvalue weighted by Crippen LogP contribution is -2.37. The predicted octanol–water partition coefficient (Wildman–Crippen LogP) is 6.09. The lowest BCUT2D eigenvalue weighted by atomic mass is 9.97. The zero-order chi connectivity index (χ0) is 22.1. The second-order valence-electron chi connectivity index (χ2n) is 6.90. The van der Waals surface area contributed by atoms with E-state index in [1.54, 1.807) is 18.2 Å². The number of hydrogen-bond donors (Lipinski definition) is 1. The quantitative estimate of drug-likeness (QED) is 0.445. The van der Waals surface area contributed by atoms with Gasteiger partial charge in [-0.25, -0.2) is 4.79 Å². The number of amides is 1. The molecule has 1 unspecified atom stereocenters. The van der Waals surface area contributed by atoms with E-state index in [2.05, 4.69) is 4.98 Å². The summed E-state index contributed by atoms with van der Waals surface area (Å²) in [5.41, 5.74) is -0.556. The first-order chi connectivity index (χ1) is 14.3. The maximum atomic E-state index is 15.3. The van der Waals surface area contributed by atoms with Crippen LogP contribution in [0.1, 0.15) is 50.3 Å². The van der Waals surface area contributed by atoms with Crippen LogP contribution >= 0.6 is 11.6 Å². The van der Waals surface area contributed by atoms with E-state index in [4.69, 9.17) is 16.3 Å². The fourth-order valence-corrected chi connectivity index (χ4v) is 3.99. The molecule has 0 aliphatic rings. The summed E-state index contributed by atoms with van der Waals surface area (Å²) in [6.45, 7) is 3.46. The van der Waals surface area contributed by atoms with E-state index >= 15 is 8.78 Å². The summed E-state index contributed by atoms with van der Waals surface area (Å²) in [4.78, 5) is 26.6. The van der Waals surface area contributed by atoms with E-state index in [9.17, 15) is 9.59 Å². The highest BCUT2D eigenvalue weighted by molar-refractivity contribution is 6.44. The van der Waals surface area contributed by atoms with Gasteiger partial charge in [0.15, 0.2) is 15.8 Å². The normalized spacial score (nSPS) is 13.4. The third kappa shape index (κ3) is 6.64. The summed E-state index contributed by atoms with van der Waals surface area (Å²) in [6.07, 6.45) is -0.459. The first-order valence-corrected chi connectivity index (χ1v) is 11.1. The lowest BCUT2D eigenvalue weighted by Gasteiger charge is -2.28. The number of ketones is 1. The topological polar surface area (TPSA) is 55.4 Å². The number of halogens is 3. The second-order valence-corrected chi connectivity index (χ2v) is 8.58. The van der Waals surface area contributed by atoms with Crippen molar-refractivity contribution in [3.05, 3.63) is 70.7 Å². The monoisotopic (exact) mass is 451 g/mol. The number of carbonyl (C=O) groups is 2. The number of ether oxygens (including phenoxy) is 1. The molecule has 8 heteroatoms.